The summed E-state index contributed by atoms with van der Waals surface area (Å²) in [5, 5.41) is 0. The smallest absolute Gasteiger partial charge is 0.338 e. The van der Waals surface area contributed by atoms with E-state index in [1.165, 1.54) is 15.3 Å². The molecule has 1 aromatic rings. The second kappa shape index (κ2) is 6.19. The fourth-order valence-corrected chi connectivity index (χ4v) is 3.84. The van der Waals surface area contributed by atoms with Crippen LogP contribution in [0, 0.1) is 0 Å². The molecule has 1 heterocycles. The molecule has 1 aromatic carbocycles. The summed E-state index contributed by atoms with van der Waals surface area (Å²) in [6, 6.07) is 4.54. The van der Waals surface area contributed by atoms with Crippen molar-refractivity contribution in [2.75, 3.05) is 31.3 Å². The van der Waals surface area contributed by atoms with Gasteiger partial charge in [-0.1, -0.05) is 0 Å². The van der Waals surface area contributed by atoms with Crippen LogP contribution in [-0.2, 0) is 26.0 Å². The van der Waals surface area contributed by atoms with Crippen molar-refractivity contribution >= 4 is 27.6 Å². The van der Waals surface area contributed by atoms with Crippen LogP contribution < -0.4 is 4.31 Å². The highest BCUT2D eigenvalue weighted by atomic mass is 32.2. The average Bonchev–Trinajstić information content (AvgIpc) is 2.78. The van der Waals surface area contributed by atoms with E-state index in [9.17, 15) is 18.0 Å². The molecule has 0 N–H and O–H groups in total. The molecule has 0 fully saturated rings. The summed E-state index contributed by atoms with van der Waals surface area (Å²) in [5.74, 6) is -0.912. The zero-order chi connectivity index (χ0) is 17.4. The number of fused-ring (bicyclic) bond motifs is 1. The molecule has 0 aliphatic carbocycles. The van der Waals surface area contributed by atoms with Crippen LogP contribution in [-0.4, -0.2) is 58.2 Å². The first-order chi connectivity index (χ1) is 10.6. The van der Waals surface area contributed by atoms with Crippen LogP contribution in [0.15, 0.2) is 18.2 Å². The van der Waals surface area contributed by atoms with Gasteiger partial charge in [-0.05, 0) is 37.1 Å². The number of anilines is 1. The van der Waals surface area contributed by atoms with E-state index in [1.807, 2.05) is 6.92 Å². The number of hydrogen-bond acceptors (Lipinski definition) is 5. The molecule has 0 radical (unpaired) electrons. The summed E-state index contributed by atoms with van der Waals surface area (Å²) >= 11 is 0. The standard InChI is InChI=1S/C15H20N2O5S/c1-10-7-12-8-11(15(19)22-9-14(18)16(2)3)5-6-13(12)17(10)23(4,20)21/h5-6,8,10H,7,9H2,1-4H3/t10-/m0/s1. The Kier molecular flexibility index (Phi) is 4.65. The number of nitrogens with zero attached hydrogens (tertiary/aromatic N) is 2. The van der Waals surface area contributed by atoms with E-state index in [-0.39, 0.29) is 18.6 Å². The van der Waals surface area contributed by atoms with Crippen molar-refractivity contribution in [1.82, 2.24) is 4.90 Å². The molecule has 0 unspecified atom stereocenters. The van der Waals surface area contributed by atoms with Crippen LogP contribution >= 0.6 is 0 Å². The second-order valence-corrected chi connectivity index (χ2v) is 7.68. The summed E-state index contributed by atoms with van der Waals surface area (Å²) in [4.78, 5) is 24.8. The lowest BCUT2D eigenvalue weighted by Gasteiger charge is -2.21. The van der Waals surface area contributed by atoms with Gasteiger partial charge in [0.25, 0.3) is 5.91 Å². The molecule has 0 saturated carbocycles. The maximum Gasteiger partial charge on any atom is 0.338 e. The summed E-state index contributed by atoms with van der Waals surface area (Å²) in [6.45, 7) is 1.49. The number of ether oxygens (including phenoxy) is 1. The molecule has 7 nitrogen and oxygen atoms in total. The minimum absolute atomic E-state index is 0.193. The molecule has 126 valence electrons. The van der Waals surface area contributed by atoms with Gasteiger partial charge in [0.15, 0.2) is 6.61 Å². The van der Waals surface area contributed by atoms with Gasteiger partial charge in [-0.3, -0.25) is 9.10 Å². The van der Waals surface area contributed by atoms with Crippen molar-refractivity contribution in [3.05, 3.63) is 29.3 Å². The van der Waals surface area contributed by atoms with Gasteiger partial charge in [-0.2, -0.15) is 0 Å². The molecule has 1 aliphatic heterocycles. The van der Waals surface area contributed by atoms with E-state index in [0.29, 0.717) is 17.7 Å². The number of benzene rings is 1. The van der Waals surface area contributed by atoms with Crippen molar-refractivity contribution in [3.8, 4) is 0 Å². The molecule has 1 aliphatic rings. The van der Waals surface area contributed by atoms with E-state index in [2.05, 4.69) is 0 Å². The van der Waals surface area contributed by atoms with Gasteiger partial charge in [0.2, 0.25) is 10.0 Å². The average molecular weight is 340 g/mol. The maximum absolute atomic E-state index is 12.0. The van der Waals surface area contributed by atoms with Gasteiger partial charge in [0.1, 0.15) is 0 Å². The Morgan fingerprint density at radius 3 is 2.57 bits per heavy atom. The number of likely N-dealkylation sites (N-methyl/N-ethyl adjacent to an activating group) is 1. The molecular weight excluding hydrogens is 320 g/mol. The van der Waals surface area contributed by atoms with Gasteiger partial charge in [0, 0.05) is 20.1 Å². The second-order valence-electron chi connectivity index (χ2n) is 5.82. The summed E-state index contributed by atoms with van der Waals surface area (Å²) in [6.07, 6.45) is 1.69. The first kappa shape index (κ1) is 17.3. The Morgan fingerprint density at radius 1 is 1.35 bits per heavy atom. The number of hydrogen-bond donors (Lipinski definition) is 0. The van der Waals surface area contributed by atoms with Crippen LogP contribution in [0.1, 0.15) is 22.8 Å². The van der Waals surface area contributed by atoms with Gasteiger partial charge in [0.05, 0.1) is 17.5 Å². The molecule has 8 heteroatoms. The quantitative estimate of drug-likeness (QED) is 0.751. The largest absolute Gasteiger partial charge is 0.452 e. The summed E-state index contributed by atoms with van der Waals surface area (Å²) in [5.41, 5.74) is 1.66. The number of esters is 1. The highest BCUT2D eigenvalue weighted by molar-refractivity contribution is 7.92. The minimum Gasteiger partial charge on any atom is -0.452 e. The first-order valence-electron chi connectivity index (χ1n) is 7.11. The zero-order valence-electron chi connectivity index (χ0n) is 13.6. The lowest BCUT2D eigenvalue weighted by molar-refractivity contribution is -0.131. The Bertz CT molecular complexity index is 742. The van der Waals surface area contributed by atoms with Crippen molar-refractivity contribution in [2.45, 2.75) is 19.4 Å². The van der Waals surface area contributed by atoms with Crippen LogP contribution in [0.2, 0.25) is 0 Å². The normalized spacial score (nSPS) is 16.9. The number of amides is 1. The van der Waals surface area contributed by atoms with E-state index < -0.39 is 16.0 Å². The van der Waals surface area contributed by atoms with Gasteiger partial charge in [-0.25, -0.2) is 13.2 Å². The number of carbonyl (C=O) groups is 2. The topological polar surface area (TPSA) is 84.0 Å². The minimum atomic E-state index is -3.36. The number of rotatable bonds is 4. The lowest BCUT2D eigenvalue weighted by Crippen LogP contribution is -2.34. The zero-order valence-corrected chi connectivity index (χ0v) is 14.4. The number of sulfonamides is 1. The Morgan fingerprint density at radius 2 is 2.00 bits per heavy atom. The van der Waals surface area contributed by atoms with Gasteiger partial charge < -0.3 is 9.64 Å². The molecular formula is C15H20N2O5S. The van der Waals surface area contributed by atoms with E-state index in [1.54, 1.807) is 26.2 Å². The maximum atomic E-state index is 12.0. The molecule has 1 amide bonds. The SMILES string of the molecule is C[C@H]1Cc2cc(C(=O)OCC(=O)N(C)C)ccc2N1S(C)(=O)=O. The third kappa shape index (κ3) is 3.64. The van der Waals surface area contributed by atoms with Gasteiger partial charge in [-0.15, -0.1) is 0 Å². The third-order valence-corrected chi connectivity index (χ3v) is 4.92. The summed E-state index contributed by atoms with van der Waals surface area (Å²) in [7, 11) is -0.210. The van der Waals surface area contributed by atoms with Crippen LogP contribution in [0.3, 0.4) is 0 Å². The van der Waals surface area contributed by atoms with Crippen LogP contribution in [0.25, 0.3) is 0 Å². The fourth-order valence-electron chi connectivity index (χ4n) is 2.57. The van der Waals surface area contributed by atoms with Crippen molar-refractivity contribution in [2.24, 2.45) is 0 Å². The predicted molar refractivity (Wildman–Crippen MR) is 85.9 cm³/mol. The Hall–Kier alpha value is -2.09. The van der Waals surface area contributed by atoms with E-state index >= 15 is 0 Å². The van der Waals surface area contributed by atoms with E-state index in [0.717, 1.165) is 11.8 Å². The van der Waals surface area contributed by atoms with Crippen molar-refractivity contribution in [1.29, 1.82) is 0 Å². The highest BCUT2D eigenvalue weighted by Gasteiger charge is 2.32. The fraction of sp³-hybridized carbons (Fsp3) is 0.467. The molecule has 0 spiro atoms. The Balaban J connectivity index is 2.18. The monoisotopic (exact) mass is 340 g/mol. The van der Waals surface area contributed by atoms with Crippen molar-refractivity contribution < 1.29 is 22.7 Å². The third-order valence-electron chi connectivity index (χ3n) is 3.65. The van der Waals surface area contributed by atoms with E-state index in [4.69, 9.17) is 4.74 Å². The molecule has 2 rings (SSSR count). The highest BCUT2D eigenvalue weighted by Crippen LogP contribution is 2.34. The lowest BCUT2D eigenvalue weighted by atomic mass is 10.1. The van der Waals surface area contributed by atoms with Crippen LogP contribution in [0.4, 0.5) is 5.69 Å². The van der Waals surface area contributed by atoms with Gasteiger partial charge >= 0.3 is 5.97 Å². The molecule has 23 heavy (non-hydrogen) atoms. The molecule has 0 aromatic heterocycles. The summed E-state index contributed by atoms with van der Waals surface area (Å²) < 4.78 is 30.0. The van der Waals surface area contributed by atoms with Crippen LogP contribution in [0.5, 0.6) is 0 Å². The molecule has 0 saturated heterocycles. The Labute approximate surface area is 135 Å². The first-order valence-corrected chi connectivity index (χ1v) is 8.95. The van der Waals surface area contributed by atoms with Crippen molar-refractivity contribution in [3.63, 3.8) is 0 Å². The predicted octanol–water partition coefficient (Wildman–Crippen LogP) is 0.642. The molecule has 0 bridgehead atoms. The number of carbonyl (C=O) groups excluding carboxylic acids is 2. The molecule has 1 atom stereocenters.